The molecule has 1 unspecified atom stereocenters. The fourth-order valence-electron chi connectivity index (χ4n) is 1.67. The summed E-state index contributed by atoms with van der Waals surface area (Å²) in [6, 6.07) is 0. The van der Waals surface area contributed by atoms with Gasteiger partial charge in [-0.3, -0.25) is 0 Å². The maximum atomic E-state index is 11.9. The molecule has 0 aliphatic carbocycles. The molecule has 0 radical (unpaired) electrons. The number of rotatable bonds is 4. The third-order valence-electron chi connectivity index (χ3n) is 2.41. The highest BCUT2D eigenvalue weighted by Crippen LogP contribution is 2.27. The minimum Gasteiger partial charge on any atom is -0.463 e. The van der Waals surface area contributed by atoms with Crippen molar-refractivity contribution in [2.75, 3.05) is 13.2 Å². The molecule has 96 valence electrons. The van der Waals surface area contributed by atoms with E-state index in [0.29, 0.717) is 0 Å². The first kappa shape index (κ1) is 13.7. The van der Waals surface area contributed by atoms with E-state index in [1.54, 1.807) is 32.9 Å². The molecule has 0 N–H and O–H groups in total. The van der Waals surface area contributed by atoms with E-state index in [9.17, 15) is 9.59 Å². The lowest BCUT2D eigenvalue weighted by Gasteiger charge is -2.32. The fourth-order valence-corrected chi connectivity index (χ4v) is 1.67. The zero-order valence-electron chi connectivity index (χ0n) is 10.4. The molecule has 0 bridgehead atoms. The first-order chi connectivity index (χ1) is 8.06. The number of esters is 2. The Balaban J connectivity index is 2.96. The monoisotopic (exact) mass is 242 g/mol. The maximum Gasteiger partial charge on any atom is 0.350 e. The fraction of sp³-hybridized carbons (Fsp3) is 0.667. The Morgan fingerprint density at radius 1 is 1.29 bits per heavy atom. The van der Waals surface area contributed by atoms with E-state index >= 15 is 0 Å². The first-order valence-electron chi connectivity index (χ1n) is 5.75. The van der Waals surface area contributed by atoms with Gasteiger partial charge in [-0.25, -0.2) is 9.59 Å². The standard InChI is InChI=1S/C12H18O5/c1-4-15-10(13)12(11(14)16-5-2)8-6-7-9(3)17-12/h6-7,9H,4-5,8H2,1-3H3. The van der Waals surface area contributed by atoms with Crippen molar-refractivity contribution in [3.05, 3.63) is 12.2 Å². The Hall–Kier alpha value is -1.36. The van der Waals surface area contributed by atoms with E-state index in [0.717, 1.165) is 0 Å². The minimum absolute atomic E-state index is 0.148. The highest BCUT2D eigenvalue weighted by Gasteiger charge is 2.51. The normalized spacial score (nSPS) is 21.9. The van der Waals surface area contributed by atoms with E-state index in [1.807, 2.05) is 0 Å². The molecular weight excluding hydrogens is 224 g/mol. The zero-order valence-corrected chi connectivity index (χ0v) is 10.4. The van der Waals surface area contributed by atoms with Crippen LogP contribution in [0.15, 0.2) is 12.2 Å². The van der Waals surface area contributed by atoms with Crippen molar-refractivity contribution in [2.45, 2.75) is 38.9 Å². The molecule has 0 spiro atoms. The summed E-state index contributed by atoms with van der Waals surface area (Å²) in [5, 5.41) is 0. The van der Waals surface area contributed by atoms with E-state index in [1.165, 1.54) is 0 Å². The second-order valence-electron chi connectivity index (χ2n) is 3.72. The van der Waals surface area contributed by atoms with Gasteiger partial charge >= 0.3 is 11.9 Å². The molecular formula is C12H18O5. The molecule has 5 nitrogen and oxygen atoms in total. The zero-order chi connectivity index (χ0) is 12.9. The molecule has 1 aliphatic rings. The lowest BCUT2D eigenvalue weighted by molar-refractivity contribution is -0.195. The predicted molar refractivity (Wildman–Crippen MR) is 60.3 cm³/mol. The second kappa shape index (κ2) is 5.82. The summed E-state index contributed by atoms with van der Waals surface area (Å²) in [4.78, 5) is 23.8. The van der Waals surface area contributed by atoms with Crippen LogP contribution in [0.5, 0.6) is 0 Å². The third kappa shape index (κ3) is 2.85. The van der Waals surface area contributed by atoms with Gasteiger partial charge in [-0.15, -0.1) is 0 Å². The molecule has 1 rings (SSSR count). The molecule has 1 heterocycles. The first-order valence-corrected chi connectivity index (χ1v) is 5.75. The number of carbonyl (C=O) groups excluding carboxylic acids is 2. The molecule has 0 aromatic heterocycles. The van der Waals surface area contributed by atoms with Crippen molar-refractivity contribution < 1.29 is 23.8 Å². The van der Waals surface area contributed by atoms with E-state index in [2.05, 4.69) is 0 Å². The summed E-state index contributed by atoms with van der Waals surface area (Å²) < 4.78 is 15.3. The average molecular weight is 242 g/mol. The van der Waals surface area contributed by atoms with Gasteiger partial charge in [0.2, 0.25) is 0 Å². The molecule has 17 heavy (non-hydrogen) atoms. The van der Waals surface area contributed by atoms with Gasteiger partial charge < -0.3 is 14.2 Å². The van der Waals surface area contributed by atoms with Crippen LogP contribution in [0.4, 0.5) is 0 Å². The Morgan fingerprint density at radius 3 is 2.24 bits per heavy atom. The van der Waals surface area contributed by atoms with Gasteiger partial charge in [0, 0.05) is 6.42 Å². The van der Waals surface area contributed by atoms with E-state index in [4.69, 9.17) is 14.2 Å². The van der Waals surface area contributed by atoms with Crippen LogP contribution in [0.2, 0.25) is 0 Å². The number of hydrogen-bond acceptors (Lipinski definition) is 5. The van der Waals surface area contributed by atoms with Crippen LogP contribution in [0.25, 0.3) is 0 Å². The SMILES string of the molecule is CCOC(=O)C1(C(=O)OCC)CC=CC(C)O1. The molecule has 0 saturated heterocycles. The van der Waals surface area contributed by atoms with Crippen molar-refractivity contribution in [1.82, 2.24) is 0 Å². The van der Waals surface area contributed by atoms with E-state index in [-0.39, 0.29) is 25.7 Å². The van der Waals surface area contributed by atoms with Crippen molar-refractivity contribution in [2.24, 2.45) is 0 Å². The van der Waals surface area contributed by atoms with Gasteiger partial charge in [0.1, 0.15) is 0 Å². The quantitative estimate of drug-likeness (QED) is 0.421. The molecule has 0 amide bonds. The van der Waals surface area contributed by atoms with Gasteiger partial charge in [-0.2, -0.15) is 0 Å². The third-order valence-corrected chi connectivity index (χ3v) is 2.41. The van der Waals surface area contributed by atoms with Crippen molar-refractivity contribution >= 4 is 11.9 Å². The van der Waals surface area contributed by atoms with Gasteiger partial charge in [-0.1, -0.05) is 12.2 Å². The summed E-state index contributed by atoms with van der Waals surface area (Å²) in [5.41, 5.74) is -1.64. The largest absolute Gasteiger partial charge is 0.463 e. The summed E-state index contributed by atoms with van der Waals surface area (Å²) in [7, 11) is 0. The molecule has 0 saturated carbocycles. The van der Waals surface area contributed by atoms with Crippen molar-refractivity contribution in [1.29, 1.82) is 0 Å². The van der Waals surface area contributed by atoms with Crippen LogP contribution in [-0.2, 0) is 23.8 Å². The Kier molecular flexibility index (Phi) is 4.69. The second-order valence-corrected chi connectivity index (χ2v) is 3.72. The molecule has 1 atom stereocenters. The highest BCUT2D eigenvalue weighted by molar-refractivity contribution is 6.04. The van der Waals surface area contributed by atoms with Crippen LogP contribution < -0.4 is 0 Å². The lowest BCUT2D eigenvalue weighted by atomic mass is 9.96. The summed E-state index contributed by atoms with van der Waals surface area (Å²) >= 11 is 0. The van der Waals surface area contributed by atoms with Crippen molar-refractivity contribution in [3.8, 4) is 0 Å². The van der Waals surface area contributed by atoms with Crippen LogP contribution in [0.3, 0.4) is 0 Å². The van der Waals surface area contributed by atoms with E-state index < -0.39 is 17.5 Å². The van der Waals surface area contributed by atoms with Gasteiger partial charge in [0.15, 0.2) is 0 Å². The number of hydrogen-bond donors (Lipinski definition) is 0. The summed E-state index contributed by atoms with van der Waals surface area (Å²) in [5.74, 6) is -1.37. The van der Waals surface area contributed by atoms with Crippen LogP contribution in [0.1, 0.15) is 27.2 Å². The van der Waals surface area contributed by atoms with Crippen molar-refractivity contribution in [3.63, 3.8) is 0 Å². The highest BCUT2D eigenvalue weighted by atomic mass is 16.6. The Morgan fingerprint density at radius 2 is 1.82 bits per heavy atom. The average Bonchev–Trinajstić information content (AvgIpc) is 2.29. The predicted octanol–water partition coefficient (Wildman–Crippen LogP) is 1.22. The van der Waals surface area contributed by atoms with Crippen LogP contribution in [-0.4, -0.2) is 36.9 Å². The lowest BCUT2D eigenvalue weighted by Crippen LogP contribution is -2.53. The smallest absolute Gasteiger partial charge is 0.350 e. The molecule has 5 heteroatoms. The molecule has 0 aromatic carbocycles. The Bertz CT molecular complexity index is 303. The number of carbonyl (C=O) groups is 2. The minimum atomic E-state index is -1.64. The summed E-state index contributed by atoms with van der Waals surface area (Å²) in [6.45, 7) is 5.50. The molecule has 1 aliphatic heterocycles. The summed E-state index contributed by atoms with van der Waals surface area (Å²) in [6.07, 6.45) is 3.35. The van der Waals surface area contributed by atoms with Crippen LogP contribution >= 0.6 is 0 Å². The Labute approximate surface area is 101 Å². The maximum absolute atomic E-state index is 11.9. The van der Waals surface area contributed by atoms with Gasteiger partial charge in [-0.05, 0) is 20.8 Å². The van der Waals surface area contributed by atoms with Gasteiger partial charge in [0.25, 0.3) is 5.60 Å². The molecule has 0 aromatic rings. The number of ether oxygens (including phenoxy) is 3. The topological polar surface area (TPSA) is 61.8 Å². The van der Waals surface area contributed by atoms with Crippen LogP contribution in [0, 0.1) is 0 Å². The van der Waals surface area contributed by atoms with Gasteiger partial charge in [0.05, 0.1) is 19.3 Å². The molecule has 0 fully saturated rings.